The van der Waals surface area contributed by atoms with Crippen molar-refractivity contribution in [1.82, 2.24) is 0 Å². The monoisotopic (exact) mass is 258 g/mol. The Hall–Kier alpha value is -1.69. The van der Waals surface area contributed by atoms with Gasteiger partial charge in [-0.05, 0) is 30.4 Å². The van der Waals surface area contributed by atoms with Gasteiger partial charge >= 0.3 is 0 Å². The Bertz CT molecular complexity index is 482. The number of nitrogens with zero attached hydrogens (tertiary/aromatic N) is 2. The molecule has 0 aliphatic carbocycles. The number of benzene rings is 1. The Balaban J connectivity index is 2.21. The molecule has 1 saturated heterocycles. The van der Waals surface area contributed by atoms with Crippen LogP contribution in [0.25, 0.3) is 0 Å². The summed E-state index contributed by atoms with van der Waals surface area (Å²) in [5.41, 5.74) is 2.21. The highest BCUT2D eigenvalue weighted by atomic mass is 16.5. The summed E-state index contributed by atoms with van der Waals surface area (Å²) in [4.78, 5) is 2.32. The highest BCUT2D eigenvalue weighted by Crippen LogP contribution is 2.37. The molecule has 0 radical (unpaired) electrons. The quantitative estimate of drug-likeness (QED) is 0.831. The SMILES string of the molecule is CCC1(C)CCN(c2cc(OC)ccc2C#N)CC1. The average Bonchev–Trinajstić information content (AvgIpc) is 2.47. The van der Waals surface area contributed by atoms with Crippen LogP contribution in [-0.4, -0.2) is 20.2 Å². The van der Waals surface area contributed by atoms with Crippen LogP contribution in [0.1, 0.15) is 38.7 Å². The summed E-state index contributed by atoms with van der Waals surface area (Å²) in [7, 11) is 1.66. The lowest BCUT2D eigenvalue weighted by molar-refractivity contribution is 0.238. The first-order chi connectivity index (χ1) is 9.11. The number of rotatable bonds is 3. The summed E-state index contributed by atoms with van der Waals surface area (Å²) in [6.07, 6.45) is 3.60. The number of piperidine rings is 1. The third-order valence-electron chi connectivity index (χ3n) is 4.49. The van der Waals surface area contributed by atoms with Crippen LogP contribution in [0.15, 0.2) is 18.2 Å². The third kappa shape index (κ3) is 2.84. The minimum atomic E-state index is 0.460. The Morgan fingerprint density at radius 3 is 2.58 bits per heavy atom. The minimum absolute atomic E-state index is 0.460. The Morgan fingerprint density at radius 1 is 1.37 bits per heavy atom. The smallest absolute Gasteiger partial charge is 0.121 e. The van der Waals surface area contributed by atoms with Gasteiger partial charge in [0.15, 0.2) is 0 Å². The molecule has 19 heavy (non-hydrogen) atoms. The number of hydrogen-bond donors (Lipinski definition) is 0. The number of methoxy groups -OCH3 is 1. The zero-order valence-electron chi connectivity index (χ0n) is 12.1. The molecule has 3 nitrogen and oxygen atoms in total. The molecule has 1 aromatic rings. The van der Waals surface area contributed by atoms with Crippen LogP contribution >= 0.6 is 0 Å². The maximum absolute atomic E-state index is 9.24. The van der Waals surface area contributed by atoms with Crippen molar-refractivity contribution in [2.45, 2.75) is 33.1 Å². The fraction of sp³-hybridized carbons (Fsp3) is 0.562. The van der Waals surface area contributed by atoms with E-state index in [0.717, 1.165) is 30.1 Å². The maximum atomic E-state index is 9.24. The standard InChI is InChI=1S/C16H22N2O/c1-4-16(2)7-9-18(10-8-16)15-11-14(19-3)6-5-13(15)12-17/h5-6,11H,4,7-10H2,1-3H3. The topological polar surface area (TPSA) is 36.3 Å². The summed E-state index contributed by atoms with van der Waals surface area (Å²) in [5, 5.41) is 9.24. The second kappa shape index (κ2) is 5.52. The Labute approximate surface area is 115 Å². The number of hydrogen-bond acceptors (Lipinski definition) is 3. The average molecular weight is 258 g/mol. The maximum Gasteiger partial charge on any atom is 0.121 e. The summed E-state index contributed by atoms with van der Waals surface area (Å²) >= 11 is 0. The van der Waals surface area contributed by atoms with Crippen LogP contribution in [-0.2, 0) is 0 Å². The summed E-state index contributed by atoms with van der Waals surface area (Å²) < 4.78 is 5.27. The van der Waals surface area contributed by atoms with Gasteiger partial charge in [-0.1, -0.05) is 20.3 Å². The molecule has 0 spiro atoms. The van der Waals surface area contributed by atoms with Crippen molar-refractivity contribution in [3.05, 3.63) is 23.8 Å². The number of ether oxygens (including phenoxy) is 1. The van der Waals surface area contributed by atoms with E-state index < -0.39 is 0 Å². The number of nitriles is 1. The van der Waals surface area contributed by atoms with Crippen LogP contribution in [0, 0.1) is 16.7 Å². The van der Waals surface area contributed by atoms with Crippen LogP contribution in [0.3, 0.4) is 0 Å². The lowest BCUT2D eigenvalue weighted by Gasteiger charge is -2.40. The molecule has 0 saturated carbocycles. The van der Waals surface area contributed by atoms with Crippen LogP contribution < -0.4 is 9.64 Å². The van der Waals surface area contributed by atoms with Crippen molar-refractivity contribution >= 4 is 5.69 Å². The van der Waals surface area contributed by atoms with Gasteiger partial charge in [0.1, 0.15) is 11.8 Å². The van der Waals surface area contributed by atoms with E-state index in [0.29, 0.717) is 5.41 Å². The van der Waals surface area contributed by atoms with Crippen LogP contribution in [0.4, 0.5) is 5.69 Å². The molecule has 0 atom stereocenters. The van der Waals surface area contributed by atoms with Gasteiger partial charge < -0.3 is 9.64 Å². The summed E-state index contributed by atoms with van der Waals surface area (Å²) in [6.45, 7) is 6.67. The Morgan fingerprint density at radius 2 is 2.05 bits per heavy atom. The molecule has 2 rings (SSSR count). The molecular formula is C16H22N2O. The molecule has 1 heterocycles. The molecule has 1 aromatic carbocycles. The normalized spacial score (nSPS) is 17.9. The molecule has 1 aliphatic heterocycles. The molecule has 0 N–H and O–H groups in total. The van der Waals surface area contributed by atoms with E-state index in [4.69, 9.17) is 4.74 Å². The zero-order valence-corrected chi connectivity index (χ0v) is 12.1. The van der Waals surface area contributed by atoms with Gasteiger partial charge in [-0.3, -0.25) is 0 Å². The molecule has 1 fully saturated rings. The van der Waals surface area contributed by atoms with Crippen LogP contribution in [0.2, 0.25) is 0 Å². The first-order valence-electron chi connectivity index (χ1n) is 6.95. The second-order valence-corrected chi connectivity index (χ2v) is 5.65. The van der Waals surface area contributed by atoms with Gasteiger partial charge in [0.25, 0.3) is 0 Å². The van der Waals surface area contributed by atoms with Gasteiger partial charge in [-0.2, -0.15) is 5.26 Å². The first kappa shape index (κ1) is 13.7. The molecule has 0 unspecified atom stereocenters. The van der Waals surface area contributed by atoms with Gasteiger partial charge in [-0.15, -0.1) is 0 Å². The zero-order chi connectivity index (χ0) is 13.9. The lowest BCUT2D eigenvalue weighted by Crippen LogP contribution is -2.38. The molecule has 102 valence electrons. The highest BCUT2D eigenvalue weighted by molar-refractivity contribution is 5.62. The summed E-state index contributed by atoms with van der Waals surface area (Å²) in [5.74, 6) is 0.817. The van der Waals surface area contributed by atoms with E-state index in [1.807, 2.05) is 18.2 Å². The van der Waals surface area contributed by atoms with E-state index in [2.05, 4.69) is 24.8 Å². The summed E-state index contributed by atoms with van der Waals surface area (Å²) in [6, 6.07) is 7.96. The van der Waals surface area contributed by atoms with Gasteiger partial charge in [0.05, 0.1) is 18.4 Å². The van der Waals surface area contributed by atoms with Crippen molar-refractivity contribution in [2.24, 2.45) is 5.41 Å². The van der Waals surface area contributed by atoms with Crippen molar-refractivity contribution in [1.29, 1.82) is 5.26 Å². The lowest BCUT2D eigenvalue weighted by atomic mass is 9.78. The second-order valence-electron chi connectivity index (χ2n) is 5.65. The molecule has 0 bridgehead atoms. The van der Waals surface area contributed by atoms with Gasteiger partial charge in [0, 0.05) is 19.2 Å². The minimum Gasteiger partial charge on any atom is -0.497 e. The van der Waals surface area contributed by atoms with Gasteiger partial charge in [-0.25, -0.2) is 0 Å². The van der Waals surface area contributed by atoms with E-state index in [1.54, 1.807) is 7.11 Å². The van der Waals surface area contributed by atoms with Crippen molar-refractivity contribution in [2.75, 3.05) is 25.1 Å². The first-order valence-corrected chi connectivity index (χ1v) is 6.95. The van der Waals surface area contributed by atoms with Gasteiger partial charge in [0.2, 0.25) is 0 Å². The fourth-order valence-electron chi connectivity index (χ4n) is 2.64. The highest BCUT2D eigenvalue weighted by Gasteiger charge is 2.29. The molecular weight excluding hydrogens is 236 g/mol. The molecule has 0 aromatic heterocycles. The molecule has 3 heteroatoms. The van der Waals surface area contributed by atoms with E-state index in [1.165, 1.54) is 19.3 Å². The largest absolute Gasteiger partial charge is 0.497 e. The van der Waals surface area contributed by atoms with E-state index >= 15 is 0 Å². The van der Waals surface area contributed by atoms with Crippen molar-refractivity contribution in [3.8, 4) is 11.8 Å². The van der Waals surface area contributed by atoms with E-state index in [9.17, 15) is 5.26 Å². The number of anilines is 1. The van der Waals surface area contributed by atoms with Crippen molar-refractivity contribution in [3.63, 3.8) is 0 Å². The fourth-order valence-corrected chi connectivity index (χ4v) is 2.64. The molecule has 1 aliphatic rings. The van der Waals surface area contributed by atoms with Crippen LogP contribution in [0.5, 0.6) is 5.75 Å². The third-order valence-corrected chi connectivity index (χ3v) is 4.49. The predicted molar refractivity (Wildman–Crippen MR) is 77.6 cm³/mol. The molecule has 0 amide bonds. The van der Waals surface area contributed by atoms with E-state index in [-0.39, 0.29) is 0 Å². The Kier molecular flexibility index (Phi) is 3.99. The predicted octanol–water partition coefficient (Wildman–Crippen LogP) is 3.58. The van der Waals surface area contributed by atoms with Crippen molar-refractivity contribution < 1.29 is 4.74 Å².